The largest absolute Gasteiger partial charge is 0.475 e. The third-order valence-electron chi connectivity index (χ3n) is 2.24. The van der Waals surface area contributed by atoms with E-state index in [0.29, 0.717) is 5.88 Å². The number of carbonyl (C=O) groups is 1. The molecule has 0 fully saturated rings. The van der Waals surface area contributed by atoms with Gasteiger partial charge in [0.15, 0.2) is 0 Å². The number of benzene rings is 1. The Balaban J connectivity index is 2.47. The Morgan fingerprint density at radius 2 is 2.00 bits per heavy atom. The van der Waals surface area contributed by atoms with Gasteiger partial charge in [0.2, 0.25) is 5.88 Å². The number of para-hydroxylation sites is 1. The molecule has 18 heavy (non-hydrogen) atoms. The molecule has 0 amide bonds. The fourth-order valence-electron chi connectivity index (χ4n) is 1.54. The van der Waals surface area contributed by atoms with Crippen molar-refractivity contribution in [1.29, 1.82) is 0 Å². The lowest BCUT2D eigenvalue weighted by Crippen LogP contribution is -2.09. The van der Waals surface area contributed by atoms with Gasteiger partial charge in [-0.3, -0.25) is 4.79 Å². The molecule has 1 heterocycles. The van der Waals surface area contributed by atoms with E-state index in [1.54, 1.807) is 10.7 Å². The van der Waals surface area contributed by atoms with Crippen LogP contribution in [-0.2, 0) is 0 Å². The highest BCUT2D eigenvalue weighted by atomic mass is 35.5. The normalized spacial score (nSPS) is 10.7. The second kappa shape index (κ2) is 5.23. The third-order valence-corrected chi connectivity index (χ3v) is 2.43. The van der Waals surface area contributed by atoms with Crippen LogP contribution in [0.5, 0.6) is 5.88 Å². The van der Waals surface area contributed by atoms with Crippen molar-refractivity contribution < 1.29 is 9.53 Å². The lowest BCUT2D eigenvalue weighted by Gasteiger charge is -2.11. The molecule has 0 bridgehead atoms. The molecule has 0 aliphatic heterocycles. The van der Waals surface area contributed by atoms with Gasteiger partial charge in [-0.2, -0.15) is 5.10 Å². The van der Waals surface area contributed by atoms with Gasteiger partial charge >= 0.3 is 0 Å². The van der Waals surface area contributed by atoms with Crippen molar-refractivity contribution in [2.45, 2.75) is 20.0 Å². The Kier molecular flexibility index (Phi) is 3.67. The fraction of sp³-hybridized carbons (Fsp3) is 0.231. The highest BCUT2D eigenvalue weighted by molar-refractivity contribution is 6.67. The maximum absolute atomic E-state index is 11.2. The van der Waals surface area contributed by atoms with Gasteiger partial charge in [-0.15, -0.1) is 0 Å². The summed E-state index contributed by atoms with van der Waals surface area (Å²) >= 11 is 5.44. The number of carbonyl (C=O) groups excluding carboxylic acids is 1. The van der Waals surface area contributed by atoms with Crippen molar-refractivity contribution in [3.8, 4) is 11.6 Å². The summed E-state index contributed by atoms with van der Waals surface area (Å²) in [5, 5.41) is 3.54. The van der Waals surface area contributed by atoms with Crippen LogP contribution in [0, 0.1) is 0 Å². The Bertz CT molecular complexity index is 549. The number of nitrogens with zero attached hydrogens (tertiary/aromatic N) is 2. The van der Waals surface area contributed by atoms with Crippen LogP contribution >= 0.6 is 11.6 Å². The van der Waals surface area contributed by atoms with E-state index in [1.807, 2.05) is 44.2 Å². The lowest BCUT2D eigenvalue weighted by atomic mass is 10.3. The summed E-state index contributed by atoms with van der Waals surface area (Å²) in [6.45, 7) is 3.81. The SMILES string of the molecule is CC(C)Oc1cc(C(=O)Cl)nn1-c1ccccc1. The molecule has 5 heteroatoms. The second-order valence-electron chi connectivity index (χ2n) is 4.06. The minimum absolute atomic E-state index is 0.0116. The van der Waals surface area contributed by atoms with E-state index >= 15 is 0 Å². The molecule has 0 saturated heterocycles. The molecule has 0 saturated carbocycles. The van der Waals surface area contributed by atoms with Crippen LogP contribution in [0.3, 0.4) is 0 Å². The molecule has 2 aromatic rings. The molecular weight excluding hydrogens is 252 g/mol. The molecule has 0 aliphatic rings. The molecule has 4 nitrogen and oxygen atoms in total. The first kappa shape index (κ1) is 12.6. The summed E-state index contributed by atoms with van der Waals surface area (Å²) in [6, 6.07) is 11.0. The van der Waals surface area contributed by atoms with Crippen molar-refractivity contribution in [3.63, 3.8) is 0 Å². The molecule has 0 radical (unpaired) electrons. The Morgan fingerprint density at radius 3 is 2.56 bits per heavy atom. The van der Waals surface area contributed by atoms with Gasteiger partial charge in [0.25, 0.3) is 5.24 Å². The predicted octanol–water partition coefficient (Wildman–Crippen LogP) is 3.04. The van der Waals surface area contributed by atoms with Crippen LogP contribution in [0.4, 0.5) is 0 Å². The standard InChI is InChI=1S/C13H13ClN2O2/c1-9(2)18-12-8-11(13(14)17)15-16(12)10-6-4-3-5-7-10/h3-9H,1-2H3. The number of ether oxygens (including phenoxy) is 1. The van der Waals surface area contributed by atoms with E-state index in [-0.39, 0.29) is 11.8 Å². The third kappa shape index (κ3) is 2.71. The van der Waals surface area contributed by atoms with Crippen LogP contribution in [0.25, 0.3) is 5.69 Å². The van der Waals surface area contributed by atoms with Crippen molar-refractivity contribution >= 4 is 16.8 Å². The molecule has 0 N–H and O–H groups in total. The zero-order valence-corrected chi connectivity index (χ0v) is 10.9. The minimum atomic E-state index is -0.599. The first-order valence-corrected chi connectivity index (χ1v) is 5.97. The number of hydrogen-bond acceptors (Lipinski definition) is 3. The average Bonchev–Trinajstić information content (AvgIpc) is 2.73. The van der Waals surface area contributed by atoms with Gasteiger partial charge in [0.1, 0.15) is 5.69 Å². The maximum Gasteiger partial charge on any atom is 0.272 e. The highest BCUT2D eigenvalue weighted by Gasteiger charge is 2.15. The number of aromatic nitrogens is 2. The Hall–Kier alpha value is -1.81. The first-order valence-electron chi connectivity index (χ1n) is 5.60. The van der Waals surface area contributed by atoms with Gasteiger partial charge in [0, 0.05) is 6.07 Å². The fourth-order valence-corrected chi connectivity index (χ4v) is 1.63. The van der Waals surface area contributed by atoms with E-state index in [9.17, 15) is 4.79 Å². The van der Waals surface area contributed by atoms with Crippen LogP contribution in [0.1, 0.15) is 24.3 Å². The summed E-state index contributed by atoms with van der Waals surface area (Å²) in [5.74, 6) is 0.500. The Morgan fingerprint density at radius 1 is 1.33 bits per heavy atom. The van der Waals surface area contributed by atoms with Crippen LogP contribution in [-0.4, -0.2) is 21.1 Å². The summed E-state index contributed by atoms with van der Waals surface area (Å²) in [4.78, 5) is 11.2. The summed E-state index contributed by atoms with van der Waals surface area (Å²) in [5.41, 5.74) is 0.994. The summed E-state index contributed by atoms with van der Waals surface area (Å²) < 4.78 is 7.19. The molecule has 2 rings (SSSR count). The molecule has 94 valence electrons. The topological polar surface area (TPSA) is 44.1 Å². The van der Waals surface area contributed by atoms with Gasteiger partial charge < -0.3 is 4.74 Å². The summed E-state index contributed by atoms with van der Waals surface area (Å²) in [7, 11) is 0. The minimum Gasteiger partial charge on any atom is -0.475 e. The molecule has 0 aliphatic carbocycles. The molecule has 1 aromatic heterocycles. The van der Waals surface area contributed by atoms with Crippen molar-refractivity contribution in [2.75, 3.05) is 0 Å². The van der Waals surface area contributed by atoms with Gasteiger partial charge in [0.05, 0.1) is 11.8 Å². The van der Waals surface area contributed by atoms with Crippen molar-refractivity contribution in [2.24, 2.45) is 0 Å². The summed E-state index contributed by atoms with van der Waals surface area (Å²) in [6.07, 6.45) is -0.0116. The quantitative estimate of drug-likeness (QED) is 0.798. The monoisotopic (exact) mass is 264 g/mol. The highest BCUT2D eigenvalue weighted by Crippen LogP contribution is 2.21. The molecular formula is C13H13ClN2O2. The Labute approximate surface area is 110 Å². The van der Waals surface area contributed by atoms with Crippen LogP contribution in [0.15, 0.2) is 36.4 Å². The molecule has 0 unspecified atom stereocenters. The van der Waals surface area contributed by atoms with E-state index in [1.165, 1.54) is 0 Å². The predicted molar refractivity (Wildman–Crippen MR) is 69.5 cm³/mol. The number of halogens is 1. The number of rotatable bonds is 4. The van der Waals surface area contributed by atoms with Crippen LogP contribution < -0.4 is 4.74 Å². The zero-order chi connectivity index (χ0) is 13.1. The van der Waals surface area contributed by atoms with E-state index in [4.69, 9.17) is 16.3 Å². The van der Waals surface area contributed by atoms with Crippen molar-refractivity contribution in [1.82, 2.24) is 9.78 Å². The number of hydrogen-bond donors (Lipinski definition) is 0. The van der Waals surface area contributed by atoms with Gasteiger partial charge in [-0.25, -0.2) is 4.68 Å². The lowest BCUT2D eigenvalue weighted by molar-refractivity contribution is 0.107. The van der Waals surface area contributed by atoms with E-state index < -0.39 is 5.24 Å². The van der Waals surface area contributed by atoms with Crippen molar-refractivity contribution in [3.05, 3.63) is 42.1 Å². The smallest absolute Gasteiger partial charge is 0.272 e. The molecule has 1 aromatic carbocycles. The second-order valence-corrected chi connectivity index (χ2v) is 4.40. The van der Waals surface area contributed by atoms with E-state index in [2.05, 4.69) is 5.10 Å². The molecule has 0 spiro atoms. The van der Waals surface area contributed by atoms with Crippen LogP contribution in [0.2, 0.25) is 0 Å². The van der Waals surface area contributed by atoms with E-state index in [0.717, 1.165) is 5.69 Å². The molecule has 0 atom stereocenters. The van der Waals surface area contributed by atoms with Gasteiger partial charge in [-0.1, -0.05) is 18.2 Å². The average molecular weight is 265 g/mol. The first-order chi connectivity index (χ1) is 8.58. The van der Waals surface area contributed by atoms with Gasteiger partial charge in [-0.05, 0) is 37.6 Å². The zero-order valence-electron chi connectivity index (χ0n) is 10.1. The maximum atomic E-state index is 11.2.